The highest BCUT2D eigenvalue weighted by Crippen LogP contribution is 2.26. The molecule has 3 aromatic heterocycles. The van der Waals surface area contributed by atoms with Gasteiger partial charge in [0, 0.05) is 45.0 Å². The molecule has 0 amide bonds. The van der Waals surface area contributed by atoms with Crippen LogP contribution in [-0.4, -0.2) is 64.7 Å². The molecule has 2 fully saturated rings. The molecule has 0 radical (unpaired) electrons. The van der Waals surface area contributed by atoms with Gasteiger partial charge < -0.3 is 15.1 Å². The van der Waals surface area contributed by atoms with Gasteiger partial charge in [0.05, 0.1) is 42.2 Å². The van der Waals surface area contributed by atoms with Crippen LogP contribution >= 0.6 is 0 Å². The Hall–Kier alpha value is -3.00. The van der Waals surface area contributed by atoms with Crippen molar-refractivity contribution in [3.8, 4) is 11.3 Å². The van der Waals surface area contributed by atoms with Crippen LogP contribution in [-0.2, 0) is 6.54 Å². The number of pyridine rings is 2. The number of nitrogens with zero attached hydrogens (tertiary/aromatic N) is 7. The molecule has 0 unspecified atom stereocenters. The van der Waals surface area contributed by atoms with Gasteiger partial charge in [0.1, 0.15) is 5.69 Å². The van der Waals surface area contributed by atoms with E-state index in [1.54, 1.807) is 0 Å². The van der Waals surface area contributed by atoms with Crippen LogP contribution in [0, 0.1) is 5.92 Å². The fourth-order valence-electron chi connectivity index (χ4n) is 4.59. The van der Waals surface area contributed by atoms with Gasteiger partial charge in [-0.05, 0) is 56.3 Å². The van der Waals surface area contributed by atoms with Gasteiger partial charge in [-0.15, -0.1) is 5.10 Å². The lowest BCUT2D eigenvalue weighted by atomic mass is 9.85. The summed E-state index contributed by atoms with van der Waals surface area (Å²) in [5.74, 6) is 0.909. The van der Waals surface area contributed by atoms with E-state index in [2.05, 4.69) is 43.7 Å². The van der Waals surface area contributed by atoms with E-state index < -0.39 is 0 Å². The fraction of sp³-hybridized carbons (Fsp3) is 0.520. The maximum absolute atomic E-state index is 4.72. The lowest BCUT2D eigenvalue weighted by Gasteiger charge is -2.36. The quantitative estimate of drug-likeness (QED) is 0.569. The first kappa shape index (κ1) is 21.8. The van der Waals surface area contributed by atoms with Crippen LogP contribution in [0.25, 0.3) is 11.3 Å². The van der Waals surface area contributed by atoms with E-state index in [9.17, 15) is 0 Å². The molecule has 8 heteroatoms. The Labute approximate surface area is 196 Å². The van der Waals surface area contributed by atoms with Crippen molar-refractivity contribution < 1.29 is 0 Å². The van der Waals surface area contributed by atoms with Gasteiger partial charge in [-0.25, -0.2) is 4.68 Å². The molecule has 0 spiro atoms. The molecule has 1 saturated heterocycles. The lowest BCUT2D eigenvalue weighted by Crippen LogP contribution is -2.47. The zero-order valence-corrected chi connectivity index (χ0v) is 19.7. The predicted octanol–water partition coefficient (Wildman–Crippen LogP) is 3.21. The summed E-state index contributed by atoms with van der Waals surface area (Å²) in [6.45, 7) is 3.96. The summed E-state index contributed by atoms with van der Waals surface area (Å²) in [6, 6.07) is 6.96. The van der Waals surface area contributed by atoms with Crippen molar-refractivity contribution >= 4 is 11.4 Å². The number of rotatable bonds is 8. The van der Waals surface area contributed by atoms with E-state index in [1.807, 2.05) is 48.5 Å². The Morgan fingerprint density at radius 2 is 2.00 bits per heavy atom. The lowest BCUT2D eigenvalue weighted by molar-refractivity contribution is 0.280. The third kappa shape index (κ3) is 5.33. The van der Waals surface area contributed by atoms with E-state index in [0.29, 0.717) is 12.6 Å². The first-order valence-corrected chi connectivity index (χ1v) is 12.1. The third-order valence-corrected chi connectivity index (χ3v) is 6.91. The Kier molecular flexibility index (Phi) is 6.53. The number of piperidine rings is 1. The first-order valence-electron chi connectivity index (χ1n) is 12.1. The van der Waals surface area contributed by atoms with E-state index >= 15 is 0 Å². The summed E-state index contributed by atoms with van der Waals surface area (Å²) in [5.41, 5.74) is 5.00. The van der Waals surface area contributed by atoms with Crippen molar-refractivity contribution in [2.75, 3.05) is 43.5 Å². The highest BCUT2D eigenvalue weighted by Gasteiger charge is 2.23. The van der Waals surface area contributed by atoms with E-state index in [-0.39, 0.29) is 0 Å². The van der Waals surface area contributed by atoms with Gasteiger partial charge in [0.15, 0.2) is 0 Å². The summed E-state index contributed by atoms with van der Waals surface area (Å²) in [6.07, 6.45) is 14.4. The monoisotopic (exact) mass is 446 g/mol. The summed E-state index contributed by atoms with van der Waals surface area (Å²) in [5, 5.41) is 12.4. The topological polar surface area (TPSA) is 75.0 Å². The minimum atomic E-state index is 0.591. The molecule has 1 aliphatic heterocycles. The molecular weight excluding hydrogens is 412 g/mol. The van der Waals surface area contributed by atoms with Gasteiger partial charge in [-0.2, -0.15) is 0 Å². The molecule has 5 rings (SSSR count). The van der Waals surface area contributed by atoms with Crippen LogP contribution in [0.3, 0.4) is 0 Å². The number of aromatic nitrogens is 5. The molecule has 1 aliphatic carbocycles. The first-order chi connectivity index (χ1) is 16.1. The summed E-state index contributed by atoms with van der Waals surface area (Å²) in [7, 11) is 4.01. The van der Waals surface area contributed by atoms with Crippen molar-refractivity contribution in [1.29, 1.82) is 0 Å². The molecule has 174 valence electrons. The molecule has 1 N–H and O–H groups in total. The zero-order chi connectivity index (χ0) is 22.6. The molecular formula is C25H34N8. The normalized spacial score (nSPS) is 18.8. The second kappa shape index (κ2) is 9.87. The van der Waals surface area contributed by atoms with E-state index in [4.69, 9.17) is 4.98 Å². The molecule has 2 aliphatic rings. The van der Waals surface area contributed by atoms with Crippen molar-refractivity contribution in [2.24, 2.45) is 5.92 Å². The fourth-order valence-corrected chi connectivity index (χ4v) is 4.59. The minimum absolute atomic E-state index is 0.591. The van der Waals surface area contributed by atoms with Crippen molar-refractivity contribution in [3.63, 3.8) is 0 Å². The van der Waals surface area contributed by atoms with Crippen molar-refractivity contribution in [3.05, 3.63) is 48.7 Å². The molecule has 3 aromatic rings. The van der Waals surface area contributed by atoms with Crippen molar-refractivity contribution in [2.45, 2.75) is 44.7 Å². The van der Waals surface area contributed by atoms with Crippen LogP contribution < -0.4 is 15.1 Å². The van der Waals surface area contributed by atoms with Crippen LogP contribution in [0.1, 0.15) is 37.8 Å². The average molecular weight is 447 g/mol. The number of nitrogens with one attached hydrogen (secondary N) is 1. The molecule has 1 saturated carbocycles. The van der Waals surface area contributed by atoms with Crippen LogP contribution in [0.4, 0.5) is 11.4 Å². The maximum atomic E-state index is 4.72. The molecule has 33 heavy (non-hydrogen) atoms. The molecule has 0 aromatic carbocycles. The second-order valence-electron chi connectivity index (χ2n) is 9.63. The zero-order valence-electron chi connectivity index (χ0n) is 19.7. The largest absolute Gasteiger partial charge is 0.376 e. The minimum Gasteiger partial charge on any atom is -0.376 e. The Morgan fingerprint density at radius 3 is 2.76 bits per heavy atom. The van der Waals surface area contributed by atoms with Crippen LogP contribution in [0.5, 0.6) is 0 Å². The van der Waals surface area contributed by atoms with Gasteiger partial charge in [0.2, 0.25) is 0 Å². The smallest absolute Gasteiger partial charge is 0.114 e. The second-order valence-corrected chi connectivity index (χ2v) is 9.63. The highest BCUT2D eigenvalue weighted by atomic mass is 15.4. The number of anilines is 2. The SMILES string of the molecule is CN(C)c1cncc(-c2cn(Cc3ccc(N4CCC[C@@H](NCC5CCC5)C4)cn3)nn2)c1. The standard InChI is InChI=1S/C25H34N8/c1-31(2)24-11-20(13-26-14-24)25-18-33(30-29-25)17-22-8-9-23(15-28-22)32-10-4-7-21(16-32)27-12-19-5-3-6-19/h8-9,11,13-15,18-19,21,27H,3-7,10,12,16-17H2,1-2H3/t21-/m1/s1. The van der Waals surface area contributed by atoms with Gasteiger partial charge in [-0.1, -0.05) is 11.6 Å². The van der Waals surface area contributed by atoms with Gasteiger partial charge in [-0.3, -0.25) is 9.97 Å². The predicted molar refractivity (Wildman–Crippen MR) is 131 cm³/mol. The Morgan fingerprint density at radius 1 is 1.09 bits per heavy atom. The van der Waals surface area contributed by atoms with Crippen LogP contribution in [0.15, 0.2) is 43.0 Å². The third-order valence-electron chi connectivity index (χ3n) is 6.91. The summed E-state index contributed by atoms with van der Waals surface area (Å²) < 4.78 is 1.83. The molecule has 8 nitrogen and oxygen atoms in total. The summed E-state index contributed by atoms with van der Waals surface area (Å²) >= 11 is 0. The Bertz CT molecular complexity index is 1040. The van der Waals surface area contributed by atoms with Gasteiger partial charge >= 0.3 is 0 Å². The molecule has 4 heterocycles. The van der Waals surface area contributed by atoms with Gasteiger partial charge in [0.25, 0.3) is 0 Å². The number of hydrogen-bond acceptors (Lipinski definition) is 7. The van der Waals surface area contributed by atoms with E-state index in [1.165, 1.54) is 44.3 Å². The van der Waals surface area contributed by atoms with Crippen molar-refractivity contribution in [1.82, 2.24) is 30.3 Å². The summed E-state index contributed by atoms with van der Waals surface area (Å²) in [4.78, 5) is 13.5. The number of hydrogen-bond donors (Lipinski definition) is 1. The Balaban J connectivity index is 1.18. The average Bonchev–Trinajstić information content (AvgIpc) is 3.27. The maximum Gasteiger partial charge on any atom is 0.114 e. The molecule has 1 atom stereocenters. The highest BCUT2D eigenvalue weighted by molar-refractivity contribution is 5.62. The molecule has 0 bridgehead atoms. The van der Waals surface area contributed by atoms with Crippen LogP contribution in [0.2, 0.25) is 0 Å². The van der Waals surface area contributed by atoms with E-state index in [0.717, 1.165) is 41.6 Å².